The highest BCUT2D eigenvalue weighted by Crippen LogP contribution is 2.24. The summed E-state index contributed by atoms with van der Waals surface area (Å²) in [5.74, 6) is 0. The molecule has 0 saturated heterocycles. The molecule has 0 aromatic carbocycles. The fourth-order valence-corrected chi connectivity index (χ4v) is 3.40. The van der Waals surface area contributed by atoms with Crippen LogP contribution >= 0.6 is 0 Å². The van der Waals surface area contributed by atoms with Gasteiger partial charge in [-0.15, -0.1) is 0 Å². The third-order valence-corrected chi connectivity index (χ3v) is 5.15. The highest BCUT2D eigenvalue weighted by molar-refractivity contribution is 5.11. The summed E-state index contributed by atoms with van der Waals surface area (Å²) in [6.45, 7) is 3.90. The van der Waals surface area contributed by atoms with Crippen molar-refractivity contribution in [1.82, 2.24) is 0 Å². The van der Waals surface area contributed by atoms with Gasteiger partial charge in [-0.05, 0) is 25.7 Å². The summed E-state index contributed by atoms with van der Waals surface area (Å²) in [6, 6.07) is 0. The normalized spacial score (nSPS) is 14.0. The Bertz CT molecular complexity index is 251. The molecule has 1 aliphatic carbocycles. The van der Waals surface area contributed by atoms with E-state index in [2.05, 4.69) is 13.0 Å². The SMILES string of the molecule is [CH2]CCCCCCCCCCCCCCCCCC1=CCC1. The largest absolute Gasteiger partial charge is 0.0850 e. The van der Waals surface area contributed by atoms with Crippen molar-refractivity contribution >= 4 is 0 Å². The molecular formula is C22H41. The van der Waals surface area contributed by atoms with Gasteiger partial charge in [-0.1, -0.05) is 115 Å². The smallest absolute Gasteiger partial charge is 0.0285 e. The molecule has 0 aromatic heterocycles. The summed E-state index contributed by atoms with van der Waals surface area (Å²) < 4.78 is 0. The van der Waals surface area contributed by atoms with Crippen molar-refractivity contribution in [2.24, 2.45) is 0 Å². The summed E-state index contributed by atoms with van der Waals surface area (Å²) >= 11 is 0. The highest BCUT2D eigenvalue weighted by atomic mass is 14.1. The summed E-state index contributed by atoms with van der Waals surface area (Å²) in [4.78, 5) is 0. The summed E-state index contributed by atoms with van der Waals surface area (Å²) in [6.07, 6.45) is 29.5. The van der Waals surface area contributed by atoms with Crippen LogP contribution in [-0.2, 0) is 0 Å². The molecule has 0 saturated carbocycles. The Morgan fingerprint density at radius 2 is 0.955 bits per heavy atom. The van der Waals surface area contributed by atoms with Crippen LogP contribution in [0.3, 0.4) is 0 Å². The third-order valence-electron chi connectivity index (χ3n) is 5.15. The molecule has 0 aromatic rings. The molecule has 0 heteroatoms. The Balaban J connectivity index is 1.63. The molecule has 22 heavy (non-hydrogen) atoms. The molecule has 0 amide bonds. The van der Waals surface area contributed by atoms with E-state index in [1.807, 2.05) is 0 Å². The molecule has 129 valence electrons. The van der Waals surface area contributed by atoms with E-state index >= 15 is 0 Å². The van der Waals surface area contributed by atoms with Gasteiger partial charge in [0, 0.05) is 0 Å². The number of allylic oxidation sites excluding steroid dienone is 2. The van der Waals surface area contributed by atoms with E-state index in [0.717, 1.165) is 6.42 Å². The molecule has 0 atom stereocenters. The van der Waals surface area contributed by atoms with Gasteiger partial charge in [0.05, 0.1) is 0 Å². The second kappa shape index (κ2) is 15.6. The van der Waals surface area contributed by atoms with E-state index in [0.29, 0.717) is 0 Å². The maximum absolute atomic E-state index is 3.90. The second-order valence-electron chi connectivity index (χ2n) is 7.31. The Hall–Kier alpha value is -0.260. The van der Waals surface area contributed by atoms with Crippen molar-refractivity contribution in [1.29, 1.82) is 0 Å². The number of hydrogen-bond donors (Lipinski definition) is 0. The molecule has 1 radical (unpaired) electrons. The molecule has 1 rings (SSSR count). The molecule has 0 aliphatic heterocycles. The Labute approximate surface area is 141 Å². The predicted octanol–water partition coefficient (Wildman–Crippen LogP) is 8.17. The van der Waals surface area contributed by atoms with Crippen molar-refractivity contribution in [3.8, 4) is 0 Å². The molecule has 0 bridgehead atoms. The van der Waals surface area contributed by atoms with Crippen LogP contribution in [0.5, 0.6) is 0 Å². The van der Waals surface area contributed by atoms with Gasteiger partial charge < -0.3 is 0 Å². The van der Waals surface area contributed by atoms with E-state index in [1.54, 1.807) is 5.57 Å². The maximum Gasteiger partial charge on any atom is -0.0285 e. The Morgan fingerprint density at radius 3 is 1.27 bits per heavy atom. The van der Waals surface area contributed by atoms with Crippen molar-refractivity contribution in [3.63, 3.8) is 0 Å². The van der Waals surface area contributed by atoms with Crippen LogP contribution in [0.15, 0.2) is 11.6 Å². The molecule has 1 aliphatic rings. The molecule has 0 spiro atoms. The van der Waals surface area contributed by atoms with E-state index in [1.165, 1.54) is 116 Å². The van der Waals surface area contributed by atoms with Crippen LogP contribution in [0, 0.1) is 6.92 Å². The lowest BCUT2D eigenvalue weighted by atomic mass is 9.93. The van der Waals surface area contributed by atoms with Crippen LogP contribution in [0.25, 0.3) is 0 Å². The highest BCUT2D eigenvalue weighted by Gasteiger charge is 2.04. The Morgan fingerprint density at radius 1 is 0.591 bits per heavy atom. The van der Waals surface area contributed by atoms with Gasteiger partial charge in [-0.25, -0.2) is 0 Å². The quantitative estimate of drug-likeness (QED) is 0.188. The van der Waals surface area contributed by atoms with Gasteiger partial charge in [0.2, 0.25) is 0 Å². The minimum absolute atomic E-state index is 1.12. The lowest BCUT2D eigenvalue weighted by Gasteiger charge is -2.13. The van der Waals surface area contributed by atoms with Gasteiger partial charge in [-0.3, -0.25) is 0 Å². The first-order valence-electron chi connectivity index (χ1n) is 10.4. The average Bonchev–Trinajstić information content (AvgIpc) is 2.48. The molecule has 0 nitrogen and oxygen atoms in total. The lowest BCUT2D eigenvalue weighted by Crippen LogP contribution is -1.93. The number of rotatable bonds is 17. The van der Waals surface area contributed by atoms with Crippen molar-refractivity contribution in [2.45, 2.75) is 122 Å². The van der Waals surface area contributed by atoms with Crippen molar-refractivity contribution in [3.05, 3.63) is 18.6 Å². The zero-order valence-corrected chi connectivity index (χ0v) is 15.2. The van der Waals surface area contributed by atoms with E-state index in [-0.39, 0.29) is 0 Å². The maximum atomic E-state index is 3.90. The van der Waals surface area contributed by atoms with Crippen LogP contribution in [0.4, 0.5) is 0 Å². The fourth-order valence-electron chi connectivity index (χ4n) is 3.40. The topological polar surface area (TPSA) is 0 Å². The first kappa shape index (κ1) is 19.8. The monoisotopic (exact) mass is 305 g/mol. The molecule has 0 N–H and O–H groups in total. The minimum Gasteiger partial charge on any atom is -0.0850 e. The van der Waals surface area contributed by atoms with Gasteiger partial charge in [0.1, 0.15) is 0 Å². The van der Waals surface area contributed by atoms with Crippen LogP contribution < -0.4 is 0 Å². The van der Waals surface area contributed by atoms with Crippen LogP contribution in [0.1, 0.15) is 122 Å². The summed E-state index contributed by atoms with van der Waals surface area (Å²) in [5, 5.41) is 0. The minimum atomic E-state index is 1.12. The fraction of sp³-hybridized carbons (Fsp3) is 0.864. The standard InChI is InChI=1S/C22H41/c1-2-3-4-5-6-7-8-9-10-11-12-13-14-15-16-17-19-22-20-18-21-22/h20H,1-19,21H2. The molecule has 0 unspecified atom stereocenters. The first-order valence-corrected chi connectivity index (χ1v) is 10.4. The number of unbranched alkanes of at least 4 members (excludes halogenated alkanes) is 15. The molecule has 0 fully saturated rings. The van der Waals surface area contributed by atoms with E-state index in [4.69, 9.17) is 0 Å². The van der Waals surface area contributed by atoms with Crippen molar-refractivity contribution in [2.75, 3.05) is 0 Å². The van der Waals surface area contributed by atoms with Crippen LogP contribution in [0.2, 0.25) is 0 Å². The molecular weight excluding hydrogens is 264 g/mol. The summed E-state index contributed by atoms with van der Waals surface area (Å²) in [7, 11) is 0. The van der Waals surface area contributed by atoms with Gasteiger partial charge in [-0.2, -0.15) is 0 Å². The molecule has 0 heterocycles. The Kier molecular flexibility index (Phi) is 14.1. The van der Waals surface area contributed by atoms with Gasteiger partial charge in [0.15, 0.2) is 0 Å². The van der Waals surface area contributed by atoms with Crippen molar-refractivity contribution < 1.29 is 0 Å². The third kappa shape index (κ3) is 12.3. The van der Waals surface area contributed by atoms with Gasteiger partial charge in [0.25, 0.3) is 0 Å². The zero-order chi connectivity index (χ0) is 15.7. The average molecular weight is 306 g/mol. The first-order chi connectivity index (χ1) is 10.9. The van der Waals surface area contributed by atoms with Gasteiger partial charge >= 0.3 is 0 Å². The van der Waals surface area contributed by atoms with E-state index < -0.39 is 0 Å². The lowest BCUT2D eigenvalue weighted by molar-refractivity contribution is 0.529. The second-order valence-corrected chi connectivity index (χ2v) is 7.31. The number of hydrogen-bond acceptors (Lipinski definition) is 0. The summed E-state index contributed by atoms with van der Waals surface area (Å²) in [5.41, 5.74) is 1.74. The van der Waals surface area contributed by atoms with E-state index in [9.17, 15) is 0 Å². The predicted molar refractivity (Wildman–Crippen MR) is 101 cm³/mol. The zero-order valence-electron chi connectivity index (χ0n) is 15.2. The van der Waals surface area contributed by atoms with Crippen LogP contribution in [-0.4, -0.2) is 0 Å².